The van der Waals surface area contributed by atoms with E-state index in [1.54, 1.807) is 12.3 Å². The van der Waals surface area contributed by atoms with Crippen molar-refractivity contribution >= 4 is 34.1 Å². The first-order valence-corrected chi connectivity index (χ1v) is 12.7. The minimum absolute atomic E-state index is 0.241. The van der Waals surface area contributed by atoms with Gasteiger partial charge in [0.1, 0.15) is 5.82 Å². The van der Waals surface area contributed by atoms with Crippen molar-refractivity contribution in [1.82, 2.24) is 20.6 Å². The largest absolute Gasteiger partial charge is 0.369 e. The van der Waals surface area contributed by atoms with E-state index in [4.69, 9.17) is 21.6 Å². The number of halogens is 2. The standard InChI is InChI=1S/C27H31ClFN5O/c1-15-6-8-34(9-7-30-15)26-22-10-16(2)32-24(18-4-5-18)25(22)31-14-23(26)27(35)33-17(3)19-11-20(28)13-21(29)12-19/h10-15,17-18,30H,4-9H2,1-3H3,(H,33,35)/t15-,17-/m0/s1. The van der Waals surface area contributed by atoms with Crippen LogP contribution in [0.25, 0.3) is 10.9 Å². The highest BCUT2D eigenvalue weighted by atomic mass is 35.5. The van der Waals surface area contributed by atoms with Crippen LogP contribution in [0.2, 0.25) is 5.02 Å². The van der Waals surface area contributed by atoms with Gasteiger partial charge in [0.25, 0.3) is 5.91 Å². The Morgan fingerprint density at radius 2 is 2.03 bits per heavy atom. The Morgan fingerprint density at radius 1 is 1.23 bits per heavy atom. The molecular formula is C27H31ClFN5O. The minimum Gasteiger partial charge on any atom is -0.369 e. The van der Waals surface area contributed by atoms with E-state index in [1.807, 2.05) is 13.8 Å². The van der Waals surface area contributed by atoms with Crippen LogP contribution >= 0.6 is 11.6 Å². The van der Waals surface area contributed by atoms with Gasteiger partial charge in [-0.2, -0.15) is 0 Å². The Hall–Kier alpha value is -2.77. The van der Waals surface area contributed by atoms with E-state index in [0.29, 0.717) is 28.1 Å². The summed E-state index contributed by atoms with van der Waals surface area (Å²) >= 11 is 6.05. The fraction of sp³-hybridized carbons (Fsp3) is 0.444. The van der Waals surface area contributed by atoms with Gasteiger partial charge >= 0.3 is 0 Å². The van der Waals surface area contributed by atoms with E-state index >= 15 is 0 Å². The maximum atomic E-state index is 13.9. The molecule has 0 bridgehead atoms. The van der Waals surface area contributed by atoms with Crippen LogP contribution in [0.1, 0.15) is 72.4 Å². The van der Waals surface area contributed by atoms with E-state index in [1.165, 1.54) is 12.1 Å². The molecule has 1 aliphatic heterocycles. The summed E-state index contributed by atoms with van der Waals surface area (Å²) in [6.07, 6.45) is 4.92. The summed E-state index contributed by atoms with van der Waals surface area (Å²) in [5.41, 5.74) is 4.90. The quantitative estimate of drug-likeness (QED) is 0.503. The fourth-order valence-corrected chi connectivity index (χ4v) is 5.14. The molecule has 2 N–H and O–H groups in total. The van der Waals surface area contributed by atoms with Crippen molar-refractivity contribution in [3.05, 3.63) is 63.8 Å². The van der Waals surface area contributed by atoms with Crippen molar-refractivity contribution < 1.29 is 9.18 Å². The van der Waals surface area contributed by atoms with E-state index in [0.717, 1.165) is 66.9 Å². The molecule has 0 radical (unpaired) electrons. The zero-order chi connectivity index (χ0) is 24.7. The van der Waals surface area contributed by atoms with Gasteiger partial charge in [-0.15, -0.1) is 0 Å². The lowest BCUT2D eigenvalue weighted by Gasteiger charge is -2.27. The predicted molar refractivity (Wildman–Crippen MR) is 138 cm³/mol. The molecule has 5 rings (SSSR count). The number of carbonyl (C=O) groups excluding carboxylic acids is 1. The average molecular weight is 496 g/mol. The molecule has 0 spiro atoms. The monoisotopic (exact) mass is 495 g/mol. The molecule has 0 unspecified atom stereocenters. The highest BCUT2D eigenvalue weighted by molar-refractivity contribution is 6.30. The fourth-order valence-electron chi connectivity index (χ4n) is 4.91. The van der Waals surface area contributed by atoms with Crippen LogP contribution in [0.4, 0.5) is 10.1 Å². The third-order valence-electron chi connectivity index (χ3n) is 6.94. The summed E-state index contributed by atoms with van der Waals surface area (Å²) in [7, 11) is 0. The lowest BCUT2D eigenvalue weighted by atomic mass is 10.0. The summed E-state index contributed by atoms with van der Waals surface area (Å²) in [6, 6.07) is 6.37. The van der Waals surface area contributed by atoms with Crippen molar-refractivity contribution in [3.8, 4) is 0 Å². The number of aryl methyl sites for hydroxylation is 1. The summed E-state index contributed by atoms with van der Waals surface area (Å²) in [4.78, 5) is 25.5. The Kier molecular flexibility index (Phi) is 6.64. The van der Waals surface area contributed by atoms with Crippen molar-refractivity contribution in [2.45, 2.75) is 58.0 Å². The molecule has 1 saturated heterocycles. The highest BCUT2D eigenvalue weighted by Crippen LogP contribution is 2.43. The SMILES string of the molecule is Cc1cc2c(N3CCN[C@@H](C)CC3)c(C(=O)N[C@@H](C)c3cc(F)cc(Cl)c3)cnc2c(C2CC2)n1. The zero-order valence-electron chi connectivity index (χ0n) is 20.4. The predicted octanol–water partition coefficient (Wildman–Crippen LogP) is 5.29. The summed E-state index contributed by atoms with van der Waals surface area (Å²) < 4.78 is 13.9. The van der Waals surface area contributed by atoms with Gasteiger partial charge in [-0.05, 0) is 69.9 Å². The van der Waals surface area contributed by atoms with Gasteiger partial charge in [0, 0.05) is 53.9 Å². The number of nitrogens with one attached hydrogen (secondary N) is 2. The summed E-state index contributed by atoms with van der Waals surface area (Å²) in [5, 5.41) is 7.85. The molecule has 2 aliphatic rings. The van der Waals surface area contributed by atoms with E-state index in [9.17, 15) is 9.18 Å². The molecule has 3 aromatic rings. The minimum atomic E-state index is -0.427. The maximum Gasteiger partial charge on any atom is 0.255 e. The summed E-state index contributed by atoms with van der Waals surface area (Å²) in [6.45, 7) is 8.48. The number of anilines is 1. The lowest BCUT2D eigenvalue weighted by molar-refractivity contribution is 0.0940. The van der Waals surface area contributed by atoms with Gasteiger partial charge < -0.3 is 15.5 Å². The molecule has 1 aromatic carbocycles. The number of benzene rings is 1. The summed E-state index contributed by atoms with van der Waals surface area (Å²) in [5.74, 6) is -0.223. The van der Waals surface area contributed by atoms with Gasteiger partial charge in [0.2, 0.25) is 0 Å². The van der Waals surface area contributed by atoms with Crippen molar-refractivity contribution in [2.75, 3.05) is 24.5 Å². The van der Waals surface area contributed by atoms with Crippen LogP contribution < -0.4 is 15.5 Å². The molecule has 2 fully saturated rings. The molecule has 6 nitrogen and oxygen atoms in total. The molecule has 1 saturated carbocycles. The van der Waals surface area contributed by atoms with Gasteiger partial charge in [-0.1, -0.05) is 11.6 Å². The van der Waals surface area contributed by atoms with Crippen molar-refractivity contribution in [1.29, 1.82) is 0 Å². The van der Waals surface area contributed by atoms with Crippen LogP contribution in [0.15, 0.2) is 30.5 Å². The smallest absolute Gasteiger partial charge is 0.255 e. The Balaban J connectivity index is 1.57. The maximum absolute atomic E-state index is 13.9. The van der Waals surface area contributed by atoms with Crippen LogP contribution in [0, 0.1) is 12.7 Å². The number of hydrogen-bond acceptors (Lipinski definition) is 5. The van der Waals surface area contributed by atoms with E-state index in [2.05, 4.69) is 28.5 Å². The number of nitrogens with zero attached hydrogens (tertiary/aromatic N) is 3. The zero-order valence-corrected chi connectivity index (χ0v) is 21.1. The number of fused-ring (bicyclic) bond motifs is 1. The van der Waals surface area contributed by atoms with Crippen LogP contribution in [0.5, 0.6) is 0 Å². The topological polar surface area (TPSA) is 70.2 Å². The lowest BCUT2D eigenvalue weighted by Crippen LogP contribution is -2.33. The van der Waals surface area contributed by atoms with Crippen LogP contribution in [-0.4, -0.2) is 41.6 Å². The van der Waals surface area contributed by atoms with Crippen LogP contribution in [-0.2, 0) is 0 Å². The van der Waals surface area contributed by atoms with E-state index < -0.39 is 11.9 Å². The Morgan fingerprint density at radius 3 is 2.77 bits per heavy atom. The molecule has 2 atom stereocenters. The van der Waals surface area contributed by atoms with Gasteiger partial charge in [-0.25, -0.2) is 4.39 Å². The first kappa shape index (κ1) is 23.9. The van der Waals surface area contributed by atoms with Gasteiger partial charge in [0.15, 0.2) is 0 Å². The number of amides is 1. The highest BCUT2D eigenvalue weighted by Gasteiger charge is 2.31. The molecule has 1 amide bonds. The third kappa shape index (κ3) is 5.11. The number of rotatable bonds is 5. The Bertz CT molecular complexity index is 1260. The third-order valence-corrected chi connectivity index (χ3v) is 7.16. The van der Waals surface area contributed by atoms with Crippen molar-refractivity contribution in [3.63, 3.8) is 0 Å². The van der Waals surface area contributed by atoms with Gasteiger partial charge in [0.05, 0.1) is 28.5 Å². The molecular weight excluding hydrogens is 465 g/mol. The second-order valence-corrected chi connectivity index (χ2v) is 10.3. The van der Waals surface area contributed by atoms with Crippen molar-refractivity contribution in [2.24, 2.45) is 0 Å². The molecule has 8 heteroatoms. The molecule has 1 aliphatic carbocycles. The average Bonchev–Trinajstić information content (AvgIpc) is 3.65. The number of carbonyl (C=O) groups is 1. The van der Waals surface area contributed by atoms with Crippen LogP contribution in [0.3, 0.4) is 0 Å². The molecule has 184 valence electrons. The first-order valence-electron chi connectivity index (χ1n) is 12.4. The number of aromatic nitrogens is 2. The number of hydrogen-bond donors (Lipinski definition) is 2. The molecule has 2 aromatic heterocycles. The first-order chi connectivity index (χ1) is 16.8. The second-order valence-electron chi connectivity index (χ2n) is 9.87. The van der Waals surface area contributed by atoms with Gasteiger partial charge in [-0.3, -0.25) is 14.8 Å². The molecule has 35 heavy (non-hydrogen) atoms. The normalized spacial score (nSPS) is 19.5. The Labute approximate surface area is 210 Å². The molecule has 3 heterocycles. The number of pyridine rings is 2. The second kappa shape index (κ2) is 9.70. The van der Waals surface area contributed by atoms with E-state index in [-0.39, 0.29) is 5.91 Å².